The first-order valence-corrected chi connectivity index (χ1v) is 7.66. The molecule has 0 spiro atoms. The highest BCUT2D eigenvalue weighted by Crippen LogP contribution is 2.50. The molecule has 0 heterocycles. The number of carbonyl (C=O) groups excluding carboxylic acids is 1. The molecule has 0 aliphatic heterocycles. The van der Waals surface area contributed by atoms with E-state index >= 15 is 0 Å². The molecule has 90 valence electrons. The van der Waals surface area contributed by atoms with Crippen molar-refractivity contribution in [3.05, 3.63) is 28.2 Å². The van der Waals surface area contributed by atoms with Gasteiger partial charge in [-0.05, 0) is 36.6 Å². The Morgan fingerprint density at radius 3 is 2.47 bits per heavy atom. The van der Waals surface area contributed by atoms with Crippen LogP contribution < -0.4 is 0 Å². The van der Waals surface area contributed by atoms with Crippen molar-refractivity contribution < 1.29 is 13.2 Å². The highest BCUT2D eigenvalue weighted by atomic mass is 79.9. The number of aliphatic imine (C=N–C) groups is 1. The Kier molecular flexibility index (Phi) is 2.97. The third-order valence-electron chi connectivity index (χ3n) is 2.82. The topological polar surface area (TPSA) is 63.6 Å². The van der Waals surface area contributed by atoms with Crippen molar-refractivity contribution in [3.8, 4) is 0 Å². The zero-order valence-corrected chi connectivity index (χ0v) is 11.5. The van der Waals surface area contributed by atoms with Crippen LogP contribution in [0.15, 0.2) is 32.6 Å². The van der Waals surface area contributed by atoms with Crippen LogP contribution in [0.1, 0.15) is 18.4 Å². The van der Waals surface area contributed by atoms with Gasteiger partial charge in [-0.1, -0.05) is 15.9 Å². The molecule has 4 nitrogen and oxygen atoms in total. The molecule has 0 saturated heterocycles. The minimum Gasteiger partial charge on any atom is -0.224 e. The van der Waals surface area contributed by atoms with Gasteiger partial charge in [0, 0.05) is 10.7 Å². The lowest BCUT2D eigenvalue weighted by atomic mass is 10.1. The van der Waals surface area contributed by atoms with E-state index in [1.807, 2.05) is 0 Å². The molecule has 0 unspecified atom stereocenters. The molecule has 1 aromatic carbocycles. The van der Waals surface area contributed by atoms with Gasteiger partial charge in [0.25, 0.3) is 0 Å². The fraction of sp³-hybridized carbons (Fsp3) is 0.364. The normalized spacial score (nSPS) is 17.3. The number of benzene rings is 1. The molecule has 1 aliphatic rings. The molecule has 2 rings (SSSR count). The lowest BCUT2D eigenvalue weighted by Gasteiger charge is -2.10. The van der Waals surface area contributed by atoms with E-state index in [4.69, 9.17) is 0 Å². The molecule has 17 heavy (non-hydrogen) atoms. The van der Waals surface area contributed by atoms with E-state index in [0.29, 0.717) is 4.47 Å². The van der Waals surface area contributed by atoms with Crippen LogP contribution in [0.5, 0.6) is 0 Å². The molecule has 0 bridgehead atoms. The van der Waals surface area contributed by atoms with Crippen molar-refractivity contribution in [2.45, 2.75) is 23.3 Å². The largest absolute Gasteiger partial charge is 0.235 e. The van der Waals surface area contributed by atoms with Gasteiger partial charge in [0.1, 0.15) is 0 Å². The Balaban J connectivity index is 2.58. The summed E-state index contributed by atoms with van der Waals surface area (Å²) in [5.74, 6) is 0. The molecule has 0 N–H and O–H groups in total. The predicted molar refractivity (Wildman–Crippen MR) is 66.3 cm³/mol. The number of rotatable bonds is 3. The molecular weight excluding hydrogens is 306 g/mol. The fourth-order valence-electron chi connectivity index (χ4n) is 1.72. The summed E-state index contributed by atoms with van der Waals surface area (Å²) in [7, 11) is -3.27. The summed E-state index contributed by atoms with van der Waals surface area (Å²) in [4.78, 5) is 14.4. The molecule has 1 saturated carbocycles. The summed E-state index contributed by atoms with van der Waals surface area (Å²) >= 11 is 3.27. The highest BCUT2D eigenvalue weighted by molar-refractivity contribution is 9.10. The smallest absolute Gasteiger partial charge is 0.224 e. The molecule has 0 amide bonds. The van der Waals surface area contributed by atoms with Gasteiger partial charge in [0.05, 0.1) is 10.4 Å². The maximum absolute atomic E-state index is 11.5. The van der Waals surface area contributed by atoms with Crippen molar-refractivity contribution in [2.24, 2.45) is 4.99 Å². The van der Waals surface area contributed by atoms with Crippen LogP contribution in [-0.2, 0) is 20.2 Å². The van der Waals surface area contributed by atoms with E-state index in [1.165, 1.54) is 0 Å². The number of isocyanates is 1. The van der Waals surface area contributed by atoms with Gasteiger partial charge in [-0.25, -0.2) is 13.2 Å². The van der Waals surface area contributed by atoms with Crippen LogP contribution in [0.2, 0.25) is 0 Å². The second kappa shape index (κ2) is 4.05. The van der Waals surface area contributed by atoms with Crippen LogP contribution in [0.3, 0.4) is 0 Å². The van der Waals surface area contributed by atoms with E-state index in [9.17, 15) is 13.2 Å². The van der Waals surface area contributed by atoms with Gasteiger partial charge in [0.2, 0.25) is 6.08 Å². The van der Waals surface area contributed by atoms with Gasteiger partial charge >= 0.3 is 0 Å². The van der Waals surface area contributed by atoms with Crippen LogP contribution >= 0.6 is 15.9 Å². The molecule has 1 aromatic rings. The van der Waals surface area contributed by atoms with Crippen molar-refractivity contribution in [1.82, 2.24) is 0 Å². The van der Waals surface area contributed by atoms with Crippen molar-refractivity contribution >= 4 is 31.8 Å². The SMILES string of the molecule is CS(=O)(=O)c1cc(Br)cc(C2(N=C=O)CC2)c1. The van der Waals surface area contributed by atoms with Crippen LogP contribution in [0, 0.1) is 0 Å². The summed E-state index contributed by atoms with van der Waals surface area (Å²) in [6.07, 6.45) is 4.21. The second-order valence-electron chi connectivity index (χ2n) is 4.18. The number of sulfone groups is 1. The zero-order chi connectivity index (χ0) is 12.7. The third kappa shape index (κ3) is 2.49. The first-order chi connectivity index (χ1) is 7.87. The minimum absolute atomic E-state index is 0.231. The summed E-state index contributed by atoms with van der Waals surface area (Å²) < 4.78 is 23.7. The van der Waals surface area contributed by atoms with Gasteiger partial charge in [0.15, 0.2) is 9.84 Å². The first kappa shape index (κ1) is 12.5. The quantitative estimate of drug-likeness (QED) is 0.634. The Hall–Kier alpha value is -0.970. The highest BCUT2D eigenvalue weighted by Gasteiger charge is 2.45. The predicted octanol–water partition coefficient (Wildman–Crippen LogP) is 2.18. The number of nitrogens with zero attached hydrogens (tertiary/aromatic N) is 1. The lowest BCUT2D eigenvalue weighted by molar-refractivity contribution is 0.556. The number of hydrogen-bond acceptors (Lipinski definition) is 4. The molecule has 1 fully saturated rings. The number of halogens is 1. The van der Waals surface area contributed by atoms with E-state index in [1.54, 1.807) is 24.3 Å². The molecule has 0 atom stereocenters. The van der Waals surface area contributed by atoms with Crippen LogP contribution in [0.25, 0.3) is 0 Å². The molecule has 0 aromatic heterocycles. The molecule has 6 heteroatoms. The van der Waals surface area contributed by atoms with E-state index in [2.05, 4.69) is 20.9 Å². The van der Waals surface area contributed by atoms with Crippen molar-refractivity contribution in [1.29, 1.82) is 0 Å². The maximum Gasteiger partial charge on any atom is 0.235 e. The van der Waals surface area contributed by atoms with Crippen LogP contribution in [0.4, 0.5) is 0 Å². The lowest BCUT2D eigenvalue weighted by Crippen LogP contribution is -2.05. The monoisotopic (exact) mass is 315 g/mol. The van der Waals surface area contributed by atoms with Gasteiger partial charge in [-0.3, -0.25) is 0 Å². The summed E-state index contributed by atoms with van der Waals surface area (Å²) in [5.41, 5.74) is 0.195. The third-order valence-corrected chi connectivity index (χ3v) is 4.37. The Morgan fingerprint density at radius 1 is 1.35 bits per heavy atom. The van der Waals surface area contributed by atoms with E-state index in [-0.39, 0.29) is 4.90 Å². The summed E-state index contributed by atoms with van der Waals surface area (Å²) in [6.45, 7) is 0. The van der Waals surface area contributed by atoms with Gasteiger partial charge in [-0.2, -0.15) is 4.99 Å². The van der Waals surface area contributed by atoms with Crippen LogP contribution in [-0.4, -0.2) is 20.8 Å². The Bertz CT molecular complexity index is 614. The average molecular weight is 316 g/mol. The molecule has 1 aliphatic carbocycles. The molecule has 0 radical (unpaired) electrons. The second-order valence-corrected chi connectivity index (χ2v) is 7.11. The average Bonchev–Trinajstić information content (AvgIpc) is 2.97. The molecular formula is C11H10BrNO3S. The van der Waals surface area contributed by atoms with E-state index < -0.39 is 15.4 Å². The standard InChI is InChI=1S/C11H10BrNO3S/c1-17(15,16)10-5-8(4-9(12)6-10)11(2-3-11)13-7-14/h4-6H,2-3H2,1H3. The van der Waals surface area contributed by atoms with Gasteiger partial charge in [-0.15, -0.1) is 0 Å². The first-order valence-electron chi connectivity index (χ1n) is 4.98. The fourth-order valence-corrected chi connectivity index (χ4v) is 3.04. The minimum atomic E-state index is -3.27. The Morgan fingerprint density at radius 2 is 2.00 bits per heavy atom. The summed E-state index contributed by atoms with van der Waals surface area (Å²) in [5, 5.41) is 0. The van der Waals surface area contributed by atoms with Gasteiger partial charge < -0.3 is 0 Å². The summed E-state index contributed by atoms with van der Waals surface area (Å²) in [6, 6.07) is 4.91. The Labute approximate surface area is 108 Å². The maximum atomic E-state index is 11.5. The van der Waals surface area contributed by atoms with Crippen molar-refractivity contribution in [3.63, 3.8) is 0 Å². The number of hydrogen-bond donors (Lipinski definition) is 0. The van der Waals surface area contributed by atoms with Crippen molar-refractivity contribution in [2.75, 3.05) is 6.26 Å². The van der Waals surface area contributed by atoms with E-state index in [0.717, 1.165) is 24.7 Å². The zero-order valence-electron chi connectivity index (χ0n) is 9.10.